The van der Waals surface area contributed by atoms with Crippen LogP contribution in [-0.4, -0.2) is 67.6 Å². The number of carbonyl (C=O) groups excluding carboxylic acids is 2. The van der Waals surface area contributed by atoms with Gasteiger partial charge in [-0.3, -0.25) is 9.59 Å². The van der Waals surface area contributed by atoms with Gasteiger partial charge in [-0.05, 0) is 19.4 Å². The van der Waals surface area contributed by atoms with Crippen molar-refractivity contribution in [2.24, 2.45) is 0 Å². The molecule has 1 unspecified atom stereocenters. The normalized spacial score (nSPS) is 19.3. The van der Waals surface area contributed by atoms with E-state index in [1.54, 1.807) is 0 Å². The zero-order valence-electron chi connectivity index (χ0n) is 11.0. The molecule has 1 aliphatic rings. The molecule has 0 spiro atoms. The first-order chi connectivity index (χ1) is 8.70. The summed E-state index contributed by atoms with van der Waals surface area (Å²) in [6.45, 7) is -1.34. The Morgan fingerprint density at radius 2 is 1.95 bits per heavy atom. The number of halogens is 3. The Morgan fingerprint density at radius 3 is 2.37 bits per heavy atom. The highest BCUT2D eigenvalue weighted by Gasteiger charge is 2.37. The highest BCUT2D eigenvalue weighted by atomic mass is 19.4. The molecule has 110 valence electrons. The number of amides is 2. The summed E-state index contributed by atoms with van der Waals surface area (Å²) in [5, 5.41) is 2.84. The molecule has 0 aromatic rings. The Bertz CT molecular complexity index is 339. The maximum atomic E-state index is 12.5. The summed E-state index contributed by atoms with van der Waals surface area (Å²) in [7, 11) is 2.87. The zero-order valence-corrected chi connectivity index (χ0v) is 11.0. The van der Waals surface area contributed by atoms with Gasteiger partial charge in [-0.25, -0.2) is 0 Å². The number of nitrogens with zero attached hydrogens (tertiary/aromatic N) is 2. The molecule has 1 saturated heterocycles. The molecule has 0 aliphatic carbocycles. The van der Waals surface area contributed by atoms with Crippen molar-refractivity contribution in [3.05, 3.63) is 0 Å². The predicted molar refractivity (Wildman–Crippen MR) is 62.4 cm³/mol. The Balaban J connectivity index is 2.73. The summed E-state index contributed by atoms with van der Waals surface area (Å²) in [5.74, 6) is -1.19. The molecule has 1 aliphatic heterocycles. The number of carbonyl (C=O) groups is 2. The number of nitrogens with one attached hydrogen (secondary N) is 1. The largest absolute Gasteiger partial charge is 0.406 e. The smallest absolute Gasteiger partial charge is 0.347 e. The van der Waals surface area contributed by atoms with Crippen molar-refractivity contribution >= 4 is 11.8 Å². The van der Waals surface area contributed by atoms with Gasteiger partial charge in [0.25, 0.3) is 0 Å². The van der Waals surface area contributed by atoms with E-state index in [1.165, 1.54) is 19.0 Å². The van der Waals surface area contributed by atoms with Gasteiger partial charge < -0.3 is 15.1 Å². The van der Waals surface area contributed by atoms with E-state index in [0.29, 0.717) is 17.9 Å². The van der Waals surface area contributed by atoms with Crippen molar-refractivity contribution in [2.75, 3.05) is 33.7 Å². The fraction of sp³-hybridized carbons (Fsp3) is 0.818. The molecule has 1 N–H and O–H groups in total. The first-order valence-electron chi connectivity index (χ1n) is 6.00. The summed E-state index contributed by atoms with van der Waals surface area (Å²) < 4.78 is 37.4. The lowest BCUT2D eigenvalue weighted by Gasteiger charge is -2.27. The number of hydrogen-bond donors (Lipinski definition) is 1. The van der Waals surface area contributed by atoms with Gasteiger partial charge in [0.05, 0.1) is 6.04 Å². The SMILES string of the molecule is CN(C)C(=O)CN(CC(F)(F)F)C(=O)C1CCCN1. The Kier molecular flexibility index (Phi) is 5.16. The molecule has 8 heteroatoms. The Hall–Kier alpha value is -1.31. The minimum absolute atomic E-state index is 0.503. The van der Waals surface area contributed by atoms with Crippen molar-refractivity contribution in [2.45, 2.75) is 25.1 Å². The number of hydrogen-bond acceptors (Lipinski definition) is 3. The van der Waals surface area contributed by atoms with Gasteiger partial charge in [0.1, 0.15) is 13.1 Å². The van der Waals surface area contributed by atoms with E-state index < -0.39 is 37.1 Å². The summed E-state index contributed by atoms with van der Waals surface area (Å²) in [6, 6.07) is -0.614. The van der Waals surface area contributed by atoms with Crippen LogP contribution in [0.25, 0.3) is 0 Å². The topological polar surface area (TPSA) is 52.7 Å². The minimum Gasteiger partial charge on any atom is -0.347 e. The van der Waals surface area contributed by atoms with Crippen LogP contribution in [0.4, 0.5) is 13.2 Å². The van der Waals surface area contributed by atoms with Crippen LogP contribution in [0.1, 0.15) is 12.8 Å². The second-order valence-corrected chi connectivity index (χ2v) is 4.75. The molecule has 0 aromatic heterocycles. The lowest BCUT2D eigenvalue weighted by molar-refractivity contribution is -0.165. The average molecular weight is 281 g/mol. The van der Waals surface area contributed by atoms with Crippen LogP contribution in [0.15, 0.2) is 0 Å². The fourth-order valence-corrected chi connectivity index (χ4v) is 1.85. The summed E-state index contributed by atoms with van der Waals surface area (Å²) in [6.07, 6.45) is -3.26. The molecular weight excluding hydrogens is 263 g/mol. The molecule has 5 nitrogen and oxygen atoms in total. The lowest BCUT2D eigenvalue weighted by Crippen LogP contribution is -2.50. The lowest BCUT2D eigenvalue weighted by atomic mass is 10.2. The molecule has 1 atom stereocenters. The maximum absolute atomic E-state index is 12.5. The Labute approximate surface area is 109 Å². The van der Waals surface area contributed by atoms with E-state index in [2.05, 4.69) is 5.32 Å². The van der Waals surface area contributed by atoms with E-state index in [9.17, 15) is 22.8 Å². The molecular formula is C11H18F3N3O2. The molecule has 19 heavy (non-hydrogen) atoms. The highest BCUT2D eigenvalue weighted by molar-refractivity contribution is 5.87. The zero-order chi connectivity index (χ0) is 14.6. The van der Waals surface area contributed by atoms with E-state index in [-0.39, 0.29) is 0 Å². The van der Waals surface area contributed by atoms with Gasteiger partial charge >= 0.3 is 6.18 Å². The summed E-state index contributed by atoms with van der Waals surface area (Å²) >= 11 is 0. The molecule has 0 radical (unpaired) electrons. The molecule has 1 heterocycles. The van der Waals surface area contributed by atoms with Crippen molar-refractivity contribution in [1.29, 1.82) is 0 Å². The van der Waals surface area contributed by atoms with Crippen LogP contribution in [0.5, 0.6) is 0 Å². The fourth-order valence-electron chi connectivity index (χ4n) is 1.85. The molecule has 0 bridgehead atoms. The molecule has 1 fully saturated rings. The van der Waals surface area contributed by atoms with Crippen LogP contribution < -0.4 is 5.32 Å². The third kappa shape index (κ3) is 5.06. The summed E-state index contributed by atoms with van der Waals surface area (Å²) in [4.78, 5) is 25.2. The standard InChI is InChI=1S/C11H18F3N3O2/c1-16(2)9(18)6-17(7-11(12,13)14)10(19)8-4-3-5-15-8/h8,15H,3-7H2,1-2H3. The van der Waals surface area contributed by atoms with Gasteiger partial charge in [0.15, 0.2) is 0 Å². The first-order valence-corrected chi connectivity index (χ1v) is 6.00. The van der Waals surface area contributed by atoms with Crippen molar-refractivity contribution in [3.63, 3.8) is 0 Å². The van der Waals surface area contributed by atoms with Crippen LogP contribution in [-0.2, 0) is 9.59 Å². The van der Waals surface area contributed by atoms with Crippen LogP contribution in [0, 0.1) is 0 Å². The van der Waals surface area contributed by atoms with Crippen LogP contribution in [0.2, 0.25) is 0 Å². The molecule has 0 saturated carbocycles. The van der Waals surface area contributed by atoms with Gasteiger partial charge in [-0.2, -0.15) is 13.2 Å². The van der Waals surface area contributed by atoms with Gasteiger partial charge in [-0.15, -0.1) is 0 Å². The van der Waals surface area contributed by atoms with Crippen LogP contribution >= 0.6 is 0 Å². The van der Waals surface area contributed by atoms with E-state index >= 15 is 0 Å². The summed E-state index contributed by atoms with van der Waals surface area (Å²) in [5.41, 5.74) is 0. The maximum Gasteiger partial charge on any atom is 0.406 e. The quantitative estimate of drug-likeness (QED) is 0.802. The van der Waals surface area contributed by atoms with Crippen LogP contribution in [0.3, 0.4) is 0 Å². The van der Waals surface area contributed by atoms with Gasteiger partial charge in [0.2, 0.25) is 11.8 Å². The van der Waals surface area contributed by atoms with Crippen molar-refractivity contribution < 1.29 is 22.8 Å². The molecule has 2 amide bonds. The van der Waals surface area contributed by atoms with Gasteiger partial charge in [0, 0.05) is 14.1 Å². The third-order valence-electron chi connectivity index (χ3n) is 2.87. The van der Waals surface area contributed by atoms with E-state index in [1.807, 2.05) is 0 Å². The van der Waals surface area contributed by atoms with Gasteiger partial charge in [-0.1, -0.05) is 0 Å². The van der Waals surface area contributed by atoms with E-state index in [0.717, 1.165) is 6.42 Å². The number of rotatable bonds is 4. The predicted octanol–water partition coefficient (Wildman–Crippen LogP) is 0.217. The Morgan fingerprint density at radius 1 is 1.32 bits per heavy atom. The first kappa shape index (κ1) is 15.7. The monoisotopic (exact) mass is 281 g/mol. The molecule has 0 aromatic carbocycles. The van der Waals surface area contributed by atoms with Crippen molar-refractivity contribution in [3.8, 4) is 0 Å². The molecule has 1 rings (SSSR count). The number of alkyl halides is 3. The second-order valence-electron chi connectivity index (χ2n) is 4.75. The highest BCUT2D eigenvalue weighted by Crippen LogP contribution is 2.18. The minimum atomic E-state index is -4.51. The van der Waals surface area contributed by atoms with Crippen molar-refractivity contribution in [1.82, 2.24) is 15.1 Å². The van der Waals surface area contributed by atoms with E-state index in [4.69, 9.17) is 0 Å². The average Bonchev–Trinajstić information content (AvgIpc) is 2.78. The third-order valence-corrected chi connectivity index (χ3v) is 2.87. The number of likely N-dealkylation sites (N-methyl/N-ethyl adjacent to an activating group) is 1. The second kappa shape index (κ2) is 6.23.